The lowest BCUT2D eigenvalue weighted by Crippen LogP contribution is -2.41. The zero-order chi connectivity index (χ0) is 13.8. The Morgan fingerprint density at radius 2 is 1.74 bits per heavy atom. The number of cyclic esters (lactones) is 1. The van der Waals surface area contributed by atoms with Crippen LogP contribution in [0.5, 0.6) is 0 Å². The zero-order valence-corrected chi connectivity index (χ0v) is 11.6. The van der Waals surface area contributed by atoms with Gasteiger partial charge in [0.25, 0.3) is 0 Å². The summed E-state index contributed by atoms with van der Waals surface area (Å²) in [4.78, 5) is 11.8. The normalized spacial score (nSPS) is 23.4. The van der Waals surface area contributed by atoms with Crippen molar-refractivity contribution in [3.05, 3.63) is 29.3 Å². The van der Waals surface area contributed by atoms with E-state index < -0.39 is 18.3 Å². The van der Waals surface area contributed by atoms with Crippen molar-refractivity contribution in [2.45, 2.75) is 45.5 Å². The average molecular weight is 260 g/mol. The number of carbonyl (C=O) groups is 1. The van der Waals surface area contributed by atoms with Crippen molar-refractivity contribution in [2.24, 2.45) is 0 Å². The number of hydrogen-bond donors (Lipinski definition) is 0. The second kappa shape index (κ2) is 3.84. The number of benzene rings is 1. The summed E-state index contributed by atoms with van der Waals surface area (Å²) in [7, 11) is -0.523. The third-order valence-electron chi connectivity index (χ3n) is 4.25. The fraction of sp³-hybridized carbons (Fsp3) is 0.500. The van der Waals surface area contributed by atoms with E-state index in [4.69, 9.17) is 14.0 Å². The van der Waals surface area contributed by atoms with Crippen molar-refractivity contribution in [3.8, 4) is 0 Å². The summed E-state index contributed by atoms with van der Waals surface area (Å²) in [6.07, 6.45) is 0. The Labute approximate surface area is 113 Å². The van der Waals surface area contributed by atoms with E-state index in [9.17, 15) is 4.79 Å². The fourth-order valence-corrected chi connectivity index (χ4v) is 2.37. The molecule has 1 saturated heterocycles. The third-order valence-corrected chi connectivity index (χ3v) is 4.25. The molecule has 0 bridgehead atoms. The summed E-state index contributed by atoms with van der Waals surface area (Å²) < 4.78 is 17.1. The maximum atomic E-state index is 11.8. The van der Waals surface area contributed by atoms with E-state index in [1.807, 2.05) is 45.9 Å². The SMILES string of the molecule is CC1(C)OB(c2cccc3c2C(=O)OC3)OC1(C)C. The van der Waals surface area contributed by atoms with Crippen LogP contribution < -0.4 is 5.46 Å². The zero-order valence-electron chi connectivity index (χ0n) is 11.6. The second-order valence-electron chi connectivity index (χ2n) is 6.05. The Kier molecular flexibility index (Phi) is 2.56. The number of fused-ring (bicyclic) bond motifs is 1. The van der Waals surface area contributed by atoms with Crippen molar-refractivity contribution in [3.63, 3.8) is 0 Å². The molecule has 5 heteroatoms. The number of hydrogen-bond acceptors (Lipinski definition) is 4. The van der Waals surface area contributed by atoms with Gasteiger partial charge in [-0.25, -0.2) is 4.79 Å². The van der Waals surface area contributed by atoms with E-state index in [1.165, 1.54) is 0 Å². The average Bonchev–Trinajstić information content (AvgIpc) is 2.78. The van der Waals surface area contributed by atoms with Gasteiger partial charge in [-0.15, -0.1) is 0 Å². The van der Waals surface area contributed by atoms with Crippen LogP contribution in [-0.4, -0.2) is 24.3 Å². The van der Waals surface area contributed by atoms with Crippen molar-refractivity contribution < 1.29 is 18.8 Å². The minimum absolute atomic E-state index is 0.291. The van der Waals surface area contributed by atoms with E-state index in [0.717, 1.165) is 11.0 Å². The molecule has 0 N–H and O–H groups in total. The molecule has 0 spiro atoms. The minimum Gasteiger partial charge on any atom is -0.457 e. The lowest BCUT2D eigenvalue weighted by molar-refractivity contribution is 0.00578. The molecule has 3 rings (SSSR count). The van der Waals surface area contributed by atoms with E-state index in [-0.39, 0.29) is 5.97 Å². The molecule has 1 fully saturated rings. The fourth-order valence-electron chi connectivity index (χ4n) is 2.37. The van der Waals surface area contributed by atoms with Gasteiger partial charge in [0.2, 0.25) is 0 Å². The van der Waals surface area contributed by atoms with Gasteiger partial charge < -0.3 is 14.0 Å². The van der Waals surface area contributed by atoms with Gasteiger partial charge in [0.15, 0.2) is 0 Å². The molecule has 2 aliphatic heterocycles. The lowest BCUT2D eigenvalue weighted by atomic mass is 9.75. The van der Waals surface area contributed by atoms with Crippen LogP contribution in [0, 0.1) is 0 Å². The quantitative estimate of drug-likeness (QED) is 0.569. The highest BCUT2D eigenvalue weighted by Gasteiger charge is 2.53. The number of ether oxygens (including phenoxy) is 1. The van der Waals surface area contributed by atoms with Gasteiger partial charge in [0.05, 0.1) is 16.8 Å². The van der Waals surface area contributed by atoms with E-state index in [0.29, 0.717) is 12.2 Å². The van der Waals surface area contributed by atoms with Crippen LogP contribution in [0.1, 0.15) is 43.6 Å². The molecule has 1 aromatic rings. The molecule has 4 nitrogen and oxygen atoms in total. The molecule has 100 valence electrons. The molecule has 0 amide bonds. The van der Waals surface area contributed by atoms with Crippen molar-refractivity contribution in [1.82, 2.24) is 0 Å². The standard InChI is InChI=1S/C14H17BO4/c1-13(2)14(3,4)19-15(18-13)10-7-5-6-9-8-17-12(16)11(9)10/h5-7H,8H2,1-4H3. The van der Waals surface area contributed by atoms with Crippen LogP contribution >= 0.6 is 0 Å². The van der Waals surface area contributed by atoms with Gasteiger partial charge >= 0.3 is 13.1 Å². The predicted octanol–water partition coefficient (Wildman–Crippen LogP) is 1.66. The molecule has 19 heavy (non-hydrogen) atoms. The summed E-state index contributed by atoms with van der Waals surface area (Å²) in [6.45, 7) is 8.31. The van der Waals surface area contributed by atoms with Crippen molar-refractivity contribution >= 4 is 18.6 Å². The maximum Gasteiger partial charge on any atom is 0.495 e. The molecule has 0 aromatic heterocycles. The van der Waals surface area contributed by atoms with Crippen LogP contribution in [0.15, 0.2) is 18.2 Å². The highest BCUT2D eigenvalue weighted by Crippen LogP contribution is 2.37. The molecular formula is C14H17BO4. The Morgan fingerprint density at radius 3 is 2.37 bits per heavy atom. The van der Waals surface area contributed by atoms with Gasteiger partial charge in [-0.2, -0.15) is 0 Å². The molecule has 2 aliphatic rings. The van der Waals surface area contributed by atoms with Crippen LogP contribution in [0.3, 0.4) is 0 Å². The smallest absolute Gasteiger partial charge is 0.457 e. The summed E-state index contributed by atoms with van der Waals surface area (Å²) >= 11 is 0. The number of carbonyl (C=O) groups excluding carboxylic acids is 1. The van der Waals surface area contributed by atoms with E-state index in [1.54, 1.807) is 0 Å². The highest BCUT2D eigenvalue weighted by atomic mass is 16.7. The summed E-state index contributed by atoms with van der Waals surface area (Å²) in [6, 6.07) is 5.67. The van der Waals surface area contributed by atoms with Crippen molar-refractivity contribution in [2.75, 3.05) is 0 Å². The molecular weight excluding hydrogens is 243 g/mol. The monoisotopic (exact) mass is 260 g/mol. The van der Waals surface area contributed by atoms with E-state index >= 15 is 0 Å². The molecule has 0 radical (unpaired) electrons. The Balaban J connectivity index is 2.02. The van der Waals surface area contributed by atoms with Gasteiger partial charge in [-0.05, 0) is 33.2 Å². The summed E-state index contributed by atoms with van der Waals surface area (Å²) in [5.41, 5.74) is 1.43. The number of rotatable bonds is 1. The van der Waals surface area contributed by atoms with Crippen molar-refractivity contribution in [1.29, 1.82) is 0 Å². The first-order valence-electron chi connectivity index (χ1n) is 6.46. The summed E-state index contributed by atoms with van der Waals surface area (Å²) in [5, 5.41) is 0. The first kappa shape index (κ1) is 12.7. The van der Waals surface area contributed by atoms with Crippen LogP contribution in [0.2, 0.25) is 0 Å². The van der Waals surface area contributed by atoms with Gasteiger partial charge in [-0.3, -0.25) is 0 Å². The van der Waals surface area contributed by atoms with Gasteiger partial charge in [0, 0.05) is 5.56 Å². The first-order chi connectivity index (χ1) is 8.82. The lowest BCUT2D eigenvalue weighted by Gasteiger charge is -2.32. The first-order valence-corrected chi connectivity index (χ1v) is 6.46. The molecule has 2 heterocycles. The largest absolute Gasteiger partial charge is 0.495 e. The molecule has 0 unspecified atom stereocenters. The minimum atomic E-state index is -0.523. The Hall–Kier alpha value is -1.33. The Bertz CT molecular complexity index is 534. The maximum absolute atomic E-state index is 11.8. The number of esters is 1. The topological polar surface area (TPSA) is 44.8 Å². The highest BCUT2D eigenvalue weighted by molar-refractivity contribution is 6.63. The second-order valence-corrected chi connectivity index (χ2v) is 6.05. The third kappa shape index (κ3) is 1.80. The molecule has 0 saturated carbocycles. The molecule has 1 aromatic carbocycles. The van der Waals surface area contributed by atoms with Crippen LogP contribution in [-0.2, 0) is 20.7 Å². The van der Waals surface area contributed by atoms with Crippen LogP contribution in [0.4, 0.5) is 0 Å². The molecule has 0 atom stereocenters. The summed E-state index contributed by atoms with van der Waals surface area (Å²) in [5.74, 6) is -0.291. The predicted molar refractivity (Wildman–Crippen MR) is 71.3 cm³/mol. The molecule has 0 aliphatic carbocycles. The van der Waals surface area contributed by atoms with E-state index in [2.05, 4.69) is 0 Å². The van der Waals surface area contributed by atoms with Gasteiger partial charge in [-0.1, -0.05) is 18.2 Å². The Morgan fingerprint density at radius 1 is 1.11 bits per heavy atom. The van der Waals surface area contributed by atoms with Gasteiger partial charge in [0.1, 0.15) is 6.61 Å². The van der Waals surface area contributed by atoms with Crippen LogP contribution in [0.25, 0.3) is 0 Å².